The van der Waals surface area contributed by atoms with E-state index in [1.165, 1.54) is 11.1 Å². The maximum Gasteiger partial charge on any atom is 0.227 e. The molecule has 1 aliphatic rings. The molecule has 1 atom stereocenters. The van der Waals surface area contributed by atoms with Crippen molar-refractivity contribution < 1.29 is 9.21 Å². The average molecular weight is 314 g/mol. The zero-order valence-electron chi connectivity index (χ0n) is 14.3. The van der Waals surface area contributed by atoms with Gasteiger partial charge in [0.2, 0.25) is 5.91 Å². The fourth-order valence-electron chi connectivity index (χ4n) is 3.53. The third kappa shape index (κ3) is 3.13. The highest BCUT2D eigenvalue weighted by Crippen LogP contribution is 2.29. The number of likely N-dealkylation sites (tertiary alicyclic amines) is 1. The smallest absolute Gasteiger partial charge is 0.227 e. The lowest BCUT2D eigenvalue weighted by Crippen LogP contribution is -2.31. The van der Waals surface area contributed by atoms with E-state index < -0.39 is 0 Å². The molecule has 4 nitrogen and oxygen atoms in total. The SMILES string of the molecule is Cc1cc2occ(CC(=O)N3CCC(CN)C3)c2cc1C(C)C. The van der Waals surface area contributed by atoms with Gasteiger partial charge < -0.3 is 15.1 Å². The number of carbonyl (C=O) groups excluding carboxylic acids is 1. The Balaban J connectivity index is 1.83. The van der Waals surface area contributed by atoms with Gasteiger partial charge in [-0.2, -0.15) is 0 Å². The van der Waals surface area contributed by atoms with E-state index in [2.05, 4.69) is 32.9 Å². The first-order valence-corrected chi connectivity index (χ1v) is 8.48. The van der Waals surface area contributed by atoms with E-state index in [1.54, 1.807) is 6.26 Å². The van der Waals surface area contributed by atoms with Crippen LogP contribution in [-0.4, -0.2) is 30.4 Å². The predicted octanol–water partition coefficient (Wildman–Crippen LogP) is 3.21. The number of nitrogens with zero attached hydrogens (tertiary/aromatic N) is 1. The van der Waals surface area contributed by atoms with E-state index >= 15 is 0 Å². The number of carbonyl (C=O) groups is 1. The van der Waals surface area contributed by atoms with Crippen LogP contribution in [0.1, 0.15) is 42.9 Å². The van der Waals surface area contributed by atoms with E-state index in [1.807, 2.05) is 4.90 Å². The minimum absolute atomic E-state index is 0.176. The molecular weight excluding hydrogens is 288 g/mol. The molecule has 1 saturated heterocycles. The molecule has 124 valence electrons. The number of hydrogen-bond donors (Lipinski definition) is 1. The highest BCUT2D eigenvalue weighted by atomic mass is 16.3. The second-order valence-electron chi connectivity index (χ2n) is 7.03. The Labute approximate surface area is 137 Å². The van der Waals surface area contributed by atoms with Gasteiger partial charge in [0.1, 0.15) is 5.58 Å². The van der Waals surface area contributed by atoms with Gasteiger partial charge in [-0.25, -0.2) is 0 Å². The Morgan fingerprint density at radius 2 is 2.22 bits per heavy atom. The van der Waals surface area contributed by atoms with E-state index in [0.717, 1.165) is 36.0 Å². The Morgan fingerprint density at radius 1 is 1.43 bits per heavy atom. The Hall–Kier alpha value is -1.81. The first kappa shape index (κ1) is 16.1. The summed E-state index contributed by atoms with van der Waals surface area (Å²) in [6.45, 7) is 8.77. The van der Waals surface area contributed by atoms with Gasteiger partial charge in [-0.1, -0.05) is 13.8 Å². The summed E-state index contributed by atoms with van der Waals surface area (Å²) in [5, 5.41) is 1.07. The lowest BCUT2D eigenvalue weighted by Gasteiger charge is -2.16. The monoisotopic (exact) mass is 314 g/mol. The van der Waals surface area contributed by atoms with E-state index in [4.69, 9.17) is 10.2 Å². The van der Waals surface area contributed by atoms with Gasteiger partial charge in [0, 0.05) is 24.0 Å². The molecule has 0 aliphatic carbocycles. The highest BCUT2D eigenvalue weighted by molar-refractivity contribution is 5.88. The summed E-state index contributed by atoms with van der Waals surface area (Å²) in [5.41, 5.74) is 10.1. The molecule has 0 spiro atoms. The summed E-state index contributed by atoms with van der Waals surface area (Å²) in [6.07, 6.45) is 3.17. The Bertz CT molecular complexity index is 717. The normalized spacial score (nSPS) is 18.3. The molecule has 2 N–H and O–H groups in total. The highest BCUT2D eigenvalue weighted by Gasteiger charge is 2.26. The van der Waals surface area contributed by atoms with Crippen LogP contribution in [0, 0.1) is 12.8 Å². The molecule has 1 aromatic carbocycles. The molecule has 1 amide bonds. The van der Waals surface area contributed by atoms with Crippen molar-refractivity contribution in [1.29, 1.82) is 0 Å². The van der Waals surface area contributed by atoms with Gasteiger partial charge in [-0.15, -0.1) is 0 Å². The molecule has 1 unspecified atom stereocenters. The van der Waals surface area contributed by atoms with Gasteiger partial charge in [0.15, 0.2) is 0 Å². The van der Waals surface area contributed by atoms with Crippen LogP contribution in [0.5, 0.6) is 0 Å². The second-order valence-corrected chi connectivity index (χ2v) is 7.03. The van der Waals surface area contributed by atoms with E-state index in [9.17, 15) is 4.79 Å². The first-order valence-electron chi connectivity index (χ1n) is 8.48. The van der Waals surface area contributed by atoms with E-state index in [-0.39, 0.29) is 5.91 Å². The number of amides is 1. The molecule has 1 aromatic heterocycles. The second kappa shape index (κ2) is 6.36. The number of furan rings is 1. The molecule has 0 radical (unpaired) electrons. The summed E-state index contributed by atoms with van der Waals surface area (Å²) in [5.74, 6) is 1.09. The van der Waals surface area contributed by atoms with E-state index in [0.29, 0.717) is 24.8 Å². The van der Waals surface area contributed by atoms with Crippen molar-refractivity contribution in [2.75, 3.05) is 19.6 Å². The van der Waals surface area contributed by atoms with Gasteiger partial charge in [-0.3, -0.25) is 4.79 Å². The minimum atomic E-state index is 0.176. The quantitative estimate of drug-likeness (QED) is 0.942. The number of fused-ring (bicyclic) bond motifs is 1. The van der Waals surface area contributed by atoms with Gasteiger partial charge in [0.05, 0.1) is 12.7 Å². The van der Waals surface area contributed by atoms with Crippen LogP contribution in [0.3, 0.4) is 0 Å². The largest absolute Gasteiger partial charge is 0.464 e. The van der Waals surface area contributed by atoms with Crippen LogP contribution in [0.15, 0.2) is 22.8 Å². The third-order valence-electron chi connectivity index (χ3n) is 4.98. The molecule has 0 saturated carbocycles. The van der Waals surface area contributed by atoms with Crippen molar-refractivity contribution in [3.8, 4) is 0 Å². The van der Waals surface area contributed by atoms with Crippen molar-refractivity contribution in [3.05, 3.63) is 35.1 Å². The Morgan fingerprint density at radius 3 is 2.87 bits per heavy atom. The zero-order valence-corrected chi connectivity index (χ0v) is 14.3. The summed E-state index contributed by atoms with van der Waals surface area (Å²) in [7, 11) is 0. The van der Waals surface area contributed by atoms with Crippen LogP contribution in [0.4, 0.5) is 0 Å². The number of hydrogen-bond acceptors (Lipinski definition) is 3. The molecule has 4 heteroatoms. The van der Waals surface area contributed by atoms with Crippen LogP contribution < -0.4 is 5.73 Å². The van der Waals surface area contributed by atoms with Crippen LogP contribution >= 0.6 is 0 Å². The molecule has 3 rings (SSSR count). The van der Waals surface area contributed by atoms with Crippen molar-refractivity contribution in [1.82, 2.24) is 4.90 Å². The topological polar surface area (TPSA) is 59.5 Å². The van der Waals surface area contributed by atoms with Crippen LogP contribution in [0.25, 0.3) is 11.0 Å². The zero-order chi connectivity index (χ0) is 16.6. The standard InChI is InChI=1S/C19H26N2O2/c1-12(2)16-8-17-15(11-23-18(17)6-13(16)3)7-19(22)21-5-4-14(9-20)10-21/h6,8,11-12,14H,4-5,7,9-10,20H2,1-3H3. The average Bonchev–Trinajstić information content (AvgIpc) is 3.13. The van der Waals surface area contributed by atoms with Crippen molar-refractivity contribution in [2.24, 2.45) is 11.7 Å². The molecule has 1 fully saturated rings. The lowest BCUT2D eigenvalue weighted by molar-refractivity contribution is -0.129. The fourth-order valence-corrected chi connectivity index (χ4v) is 3.53. The summed E-state index contributed by atoms with van der Waals surface area (Å²) in [6, 6.07) is 4.27. The number of rotatable bonds is 4. The van der Waals surface area contributed by atoms with Gasteiger partial charge in [-0.05, 0) is 55.0 Å². The first-order chi connectivity index (χ1) is 11.0. The van der Waals surface area contributed by atoms with Gasteiger partial charge >= 0.3 is 0 Å². The maximum atomic E-state index is 12.5. The van der Waals surface area contributed by atoms with Crippen molar-refractivity contribution in [3.63, 3.8) is 0 Å². The number of nitrogens with two attached hydrogens (primary N) is 1. The summed E-state index contributed by atoms with van der Waals surface area (Å²) >= 11 is 0. The summed E-state index contributed by atoms with van der Waals surface area (Å²) < 4.78 is 5.68. The lowest BCUT2D eigenvalue weighted by atomic mass is 9.95. The Kier molecular flexibility index (Phi) is 4.44. The number of aryl methyl sites for hydroxylation is 1. The molecular formula is C19H26N2O2. The minimum Gasteiger partial charge on any atom is -0.464 e. The molecule has 2 aromatic rings. The third-order valence-corrected chi connectivity index (χ3v) is 4.98. The number of benzene rings is 1. The van der Waals surface area contributed by atoms with Crippen molar-refractivity contribution >= 4 is 16.9 Å². The van der Waals surface area contributed by atoms with Crippen molar-refractivity contribution in [2.45, 2.75) is 39.5 Å². The molecule has 0 bridgehead atoms. The summed E-state index contributed by atoms with van der Waals surface area (Å²) in [4.78, 5) is 14.5. The molecule has 2 heterocycles. The molecule has 23 heavy (non-hydrogen) atoms. The molecule has 1 aliphatic heterocycles. The van der Waals surface area contributed by atoms with Gasteiger partial charge in [0.25, 0.3) is 0 Å². The predicted molar refractivity (Wildman–Crippen MR) is 92.5 cm³/mol. The van der Waals surface area contributed by atoms with Crippen LogP contribution in [0.2, 0.25) is 0 Å². The maximum absolute atomic E-state index is 12.5. The van der Waals surface area contributed by atoms with Crippen LogP contribution in [-0.2, 0) is 11.2 Å². The fraction of sp³-hybridized carbons (Fsp3) is 0.526.